The van der Waals surface area contributed by atoms with E-state index in [1.165, 1.54) is 25.9 Å². The minimum absolute atomic E-state index is 0.323. The fourth-order valence-corrected chi connectivity index (χ4v) is 2.51. The van der Waals surface area contributed by atoms with E-state index in [4.69, 9.17) is 5.26 Å². The van der Waals surface area contributed by atoms with Gasteiger partial charge in [0, 0.05) is 13.0 Å². The number of hydrogen-bond donors (Lipinski definition) is 0. The molecular weight excluding hydrogens is 172 g/mol. The zero-order valence-corrected chi connectivity index (χ0v) is 9.71. The average Bonchev–Trinajstić information content (AvgIpc) is 2.10. The normalized spacial score (nSPS) is 27.1. The third-order valence-electron chi connectivity index (χ3n) is 3.41. The summed E-state index contributed by atoms with van der Waals surface area (Å²) in [5, 5.41) is 8.76. The van der Waals surface area contributed by atoms with Gasteiger partial charge in [-0.05, 0) is 37.3 Å². The van der Waals surface area contributed by atoms with Crippen LogP contribution in [0, 0.1) is 22.7 Å². The minimum atomic E-state index is 0.323. The van der Waals surface area contributed by atoms with Crippen molar-refractivity contribution in [1.82, 2.24) is 4.90 Å². The van der Waals surface area contributed by atoms with Gasteiger partial charge < -0.3 is 4.90 Å². The third kappa shape index (κ3) is 2.72. The van der Waals surface area contributed by atoms with Crippen LogP contribution >= 0.6 is 0 Å². The first kappa shape index (κ1) is 11.5. The van der Waals surface area contributed by atoms with E-state index in [-0.39, 0.29) is 0 Å². The summed E-state index contributed by atoms with van der Waals surface area (Å²) in [5.74, 6) is 0.598. The Morgan fingerprint density at radius 1 is 1.50 bits per heavy atom. The maximum atomic E-state index is 8.76. The fraction of sp³-hybridized carbons (Fsp3) is 0.917. The van der Waals surface area contributed by atoms with Crippen molar-refractivity contribution in [2.45, 2.75) is 40.0 Å². The van der Waals surface area contributed by atoms with Gasteiger partial charge in [-0.1, -0.05) is 20.8 Å². The molecule has 14 heavy (non-hydrogen) atoms. The summed E-state index contributed by atoms with van der Waals surface area (Å²) in [4.78, 5) is 2.54. The Bertz CT molecular complexity index is 215. The molecule has 0 aromatic rings. The van der Waals surface area contributed by atoms with Crippen LogP contribution < -0.4 is 0 Å². The number of hydrogen-bond acceptors (Lipinski definition) is 2. The highest BCUT2D eigenvalue weighted by molar-refractivity contribution is 4.91. The highest BCUT2D eigenvalue weighted by Gasteiger charge is 2.34. The van der Waals surface area contributed by atoms with Crippen molar-refractivity contribution >= 4 is 0 Å². The molecule has 0 spiro atoms. The van der Waals surface area contributed by atoms with Crippen molar-refractivity contribution in [1.29, 1.82) is 5.26 Å². The standard InChI is InChI=1S/C12H22N2/c1-4-8-14-9-6-11(5-7-13)12(2,3)10-14/h11H,4-6,8-10H2,1-3H3. The van der Waals surface area contributed by atoms with Crippen LogP contribution in [0.15, 0.2) is 0 Å². The summed E-state index contributed by atoms with van der Waals surface area (Å²) < 4.78 is 0. The summed E-state index contributed by atoms with van der Waals surface area (Å²) in [5.41, 5.74) is 0.323. The lowest BCUT2D eigenvalue weighted by molar-refractivity contribution is 0.0576. The molecule has 0 aliphatic carbocycles. The first-order valence-corrected chi connectivity index (χ1v) is 5.69. The number of rotatable bonds is 3. The van der Waals surface area contributed by atoms with Crippen molar-refractivity contribution in [3.05, 3.63) is 0 Å². The van der Waals surface area contributed by atoms with E-state index in [1.54, 1.807) is 0 Å². The molecule has 0 amide bonds. The topological polar surface area (TPSA) is 27.0 Å². The maximum Gasteiger partial charge on any atom is 0.0624 e. The van der Waals surface area contributed by atoms with Crippen LogP contribution in [0.4, 0.5) is 0 Å². The Labute approximate surface area is 87.9 Å². The molecule has 1 unspecified atom stereocenters. The molecule has 1 aliphatic heterocycles. The zero-order valence-electron chi connectivity index (χ0n) is 9.71. The highest BCUT2D eigenvalue weighted by Crippen LogP contribution is 2.36. The van der Waals surface area contributed by atoms with Gasteiger partial charge in [0.15, 0.2) is 0 Å². The number of nitriles is 1. The summed E-state index contributed by atoms with van der Waals surface area (Å²) in [7, 11) is 0. The lowest BCUT2D eigenvalue weighted by Gasteiger charge is -2.43. The molecule has 2 heteroatoms. The quantitative estimate of drug-likeness (QED) is 0.690. The molecule has 1 aliphatic rings. The minimum Gasteiger partial charge on any atom is -0.303 e. The van der Waals surface area contributed by atoms with E-state index < -0.39 is 0 Å². The second-order valence-electron chi connectivity index (χ2n) is 5.11. The Kier molecular flexibility index (Phi) is 3.95. The van der Waals surface area contributed by atoms with Crippen LogP contribution in [0.5, 0.6) is 0 Å². The molecule has 80 valence electrons. The van der Waals surface area contributed by atoms with Crippen LogP contribution in [0.1, 0.15) is 40.0 Å². The number of piperidine rings is 1. The van der Waals surface area contributed by atoms with E-state index in [2.05, 4.69) is 31.7 Å². The third-order valence-corrected chi connectivity index (χ3v) is 3.41. The Hall–Kier alpha value is -0.550. The van der Waals surface area contributed by atoms with E-state index in [0.717, 1.165) is 13.0 Å². The summed E-state index contributed by atoms with van der Waals surface area (Å²) in [6, 6.07) is 2.32. The van der Waals surface area contributed by atoms with Gasteiger partial charge in [-0.3, -0.25) is 0 Å². The van der Waals surface area contributed by atoms with Crippen molar-refractivity contribution in [3.8, 4) is 6.07 Å². The highest BCUT2D eigenvalue weighted by atomic mass is 15.1. The molecule has 0 saturated carbocycles. The van der Waals surface area contributed by atoms with Crippen molar-refractivity contribution < 1.29 is 0 Å². The van der Waals surface area contributed by atoms with Crippen LogP contribution in [-0.2, 0) is 0 Å². The first-order valence-electron chi connectivity index (χ1n) is 5.69. The van der Waals surface area contributed by atoms with Gasteiger partial charge in [-0.25, -0.2) is 0 Å². The number of nitrogens with zero attached hydrogens (tertiary/aromatic N) is 2. The van der Waals surface area contributed by atoms with E-state index >= 15 is 0 Å². The molecule has 0 radical (unpaired) electrons. The second kappa shape index (κ2) is 4.79. The average molecular weight is 194 g/mol. The fourth-order valence-electron chi connectivity index (χ4n) is 2.51. The molecule has 0 aromatic heterocycles. The van der Waals surface area contributed by atoms with Crippen LogP contribution in [0.3, 0.4) is 0 Å². The second-order valence-corrected chi connectivity index (χ2v) is 5.11. The van der Waals surface area contributed by atoms with Gasteiger partial charge >= 0.3 is 0 Å². The number of likely N-dealkylation sites (tertiary alicyclic amines) is 1. The first-order chi connectivity index (χ1) is 6.60. The predicted octanol–water partition coefficient (Wildman–Crippen LogP) is 2.66. The van der Waals surface area contributed by atoms with Gasteiger partial charge in [0.1, 0.15) is 0 Å². The Morgan fingerprint density at radius 3 is 2.71 bits per heavy atom. The molecule has 0 N–H and O–H groups in total. The van der Waals surface area contributed by atoms with Crippen LogP contribution in [0.2, 0.25) is 0 Å². The lowest BCUT2D eigenvalue weighted by atomic mass is 9.72. The van der Waals surface area contributed by atoms with Gasteiger partial charge in [0.05, 0.1) is 6.07 Å². The molecular formula is C12H22N2. The molecule has 1 atom stereocenters. The zero-order chi connectivity index (χ0) is 10.6. The van der Waals surface area contributed by atoms with Crippen molar-refractivity contribution in [3.63, 3.8) is 0 Å². The molecule has 0 aromatic carbocycles. The molecule has 2 nitrogen and oxygen atoms in total. The smallest absolute Gasteiger partial charge is 0.0624 e. The monoisotopic (exact) mass is 194 g/mol. The van der Waals surface area contributed by atoms with Crippen molar-refractivity contribution in [2.75, 3.05) is 19.6 Å². The lowest BCUT2D eigenvalue weighted by Crippen LogP contribution is -2.45. The Balaban J connectivity index is 2.52. The molecule has 1 fully saturated rings. The SMILES string of the molecule is CCCN1CCC(CC#N)C(C)(C)C1. The van der Waals surface area contributed by atoms with Gasteiger partial charge in [-0.15, -0.1) is 0 Å². The largest absolute Gasteiger partial charge is 0.303 e. The summed E-state index contributed by atoms with van der Waals surface area (Å²) in [6.07, 6.45) is 3.16. The summed E-state index contributed by atoms with van der Waals surface area (Å²) >= 11 is 0. The molecule has 1 rings (SSSR count). The van der Waals surface area contributed by atoms with E-state index in [9.17, 15) is 0 Å². The predicted molar refractivity (Wildman–Crippen MR) is 58.8 cm³/mol. The Morgan fingerprint density at radius 2 is 2.21 bits per heavy atom. The van der Waals surface area contributed by atoms with E-state index in [0.29, 0.717) is 11.3 Å². The van der Waals surface area contributed by atoms with Gasteiger partial charge in [0.25, 0.3) is 0 Å². The van der Waals surface area contributed by atoms with Crippen LogP contribution in [0.25, 0.3) is 0 Å². The molecule has 1 saturated heterocycles. The van der Waals surface area contributed by atoms with Gasteiger partial charge in [0.2, 0.25) is 0 Å². The van der Waals surface area contributed by atoms with E-state index in [1.807, 2.05) is 0 Å². The summed E-state index contributed by atoms with van der Waals surface area (Å²) in [6.45, 7) is 10.4. The van der Waals surface area contributed by atoms with Crippen molar-refractivity contribution in [2.24, 2.45) is 11.3 Å². The van der Waals surface area contributed by atoms with Gasteiger partial charge in [-0.2, -0.15) is 5.26 Å². The van der Waals surface area contributed by atoms with Crippen LogP contribution in [-0.4, -0.2) is 24.5 Å². The molecule has 1 heterocycles. The maximum absolute atomic E-state index is 8.76. The molecule has 0 bridgehead atoms.